The van der Waals surface area contributed by atoms with Crippen molar-refractivity contribution in [2.75, 3.05) is 27.1 Å². The number of methoxy groups -OCH3 is 1. The van der Waals surface area contributed by atoms with Crippen molar-refractivity contribution in [1.29, 1.82) is 0 Å². The molecule has 1 rings (SSSR count). The van der Waals surface area contributed by atoms with Gasteiger partial charge in [-0.1, -0.05) is 0 Å². The van der Waals surface area contributed by atoms with Gasteiger partial charge in [0.2, 0.25) is 0 Å². The number of amides is 2. The molecule has 0 aliphatic carbocycles. The Hall–Kier alpha value is -0.810. The van der Waals surface area contributed by atoms with Crippen molar-refractivity contribution in [2.24, 2.45) is 0 Å². The van der Waals surface area contributed by atoms with Gasteiger partial charge < -0.3 is 19.7 Å². The lowest BCUT2D eigenvalue weighted by Crippen LogP contribution is -2.52. The highest BCUT2D eigenvalue weighted by Gasteiger charge is 2.28. The number of nitrogens with zero attached hydrogens (tertiary/aromatic N) is 1. The van der Waals surface area contributed by atoms with Gasteiger partial charge in [0, 0.05) is 19.2 Å². The third-order valence-electron chi connectivity index (χ3n) is 3.19. The second-order valence-electron chi connectivity index (χ2n) is 4.56. The Morgan fingerprint density at radius 1 is 1.29 bits per heavy atom. The minimum absolute atomic E-state index is 0.0258. The molecular weight excluding hydrogens is 220 g/mol. The van der Waals surface area contributed by atoms with Gasteiger partial charge in [-0.3, -0.25) is 0 Å². The van der Waals surface area contributed by atoms with Gasteiger partial charge in [-0.15, -0.1) is 0 Å². The van der Waals surface area contributed by atoms with Gasteiger partial charge in [0.25, 0.3) is 0 Å². The molecule has 1 heterocycles. The topological polar surface area (TPSA) is 50.8 Å². The summed E-state index contributed by atoms with van der Waals surface area (Å²) in [5.74, 6) is 0. The fourth-order valence-corrected chi connectivity index (χ4v) is 2.24. The molecule has 17 heavy (non-hydrogen) atoms. The molecule has 0 aromatic rings. The smallest absolute Gasteiger partial charge is 0.319 e. The van der Waals surface area contributed by atoms with Crippen LogP contribution in [0.4, 0.5) is 4.79 Å². The van der Waals surface area contributed by atoms with Crippen molar-refractivity contribution in [2.45, 2.75) is 45.2 Å². The highest BCUT2D eigenvalue weighted by molar-refractivity contribution is 5.74. The van der Waals surface area contributed by atoms with Gasteiger partial charge in [-0.25, -0.2) is 4.79 Å². The van der Waals surface area contributed by atoms with E-state index in [4.69, 9.17) is 9.47 Å². The molecule has 1 aliphatic heterocycles. The maximum atomic E-state index is 12.0. The Bertz CT molecular complexity index is 226. The first-order valence-electron chi connectivity index (χ1n) is 6.29. The molecule has 1 fully saturated rings. The van der Waals surface area contributed by atoms with Gasteiger partial charge in [-0.05, 0) is 33.1 Å². The Morgan fingerprint density at radius 2 is 1.94 bits per heavy atom. The standard InChI is InChI=1S/C12H24N2O3/c1-10-5-4-6-11(2)14(10)12(15)13-9-17-8-7-16-3/h10-11H,4-9H2,1-3H3,(H,13,15). The van der Waals surface area contributed by atoms with Gasteiger partial charge >= 0.3 is 6.03 Å². The Kier molecular flexibility index (Phi) is 6.29. The SMILES string of the molecule is COCCOCNC(=O)N1C(C)CCCC1C. The molecule has 2 unspecified atom stereocenters. The van der Waals surface area contributed by atoms with Crippen molar-refractivity contribution < 1.29 is 14.3 Å². The van der Waals surface area contributed by atoms with Crippen LogP contribution in [-0.4, -0.2) is 50.1 Å². The number of rotatable bonds is 5. The number of ether oxygens (including phenoxy) is 2. The predicted molar refractivity (Wildman–Crippen MR) is 65.8 cm³/mol. The number of urea groups is 1. The zero-order valence-electron chi connectivity index (χ0n) is 11.1. The summed E-state index contributed by atoms with van der Waals surface area (Å²) >= 11 is 0. The molecule has 1 saturated heterocycles. The summed E-state index contributed by atoms with van der Waals surface area (Å²) in [7, 11) is 1.62. The van der Waals surface area contributed by atoms with E-state index < -0.39 is 0 Å². The van der Waals surface area contributed by atoms with Crippen LogP contribution >= 0.6 is 0 Å². The van der Waals surface area contributed by atoms with E-state index in [1.165, 1.54) is 6.42 Å². The zero-order valence-corrected chi connectivity index (χ0v) is 11.1. The molecule has 0 bridgehead atoms. The first-order valence-corrected chi connectivity index (χ1v) is 6.29. The van der Waals surface area contributed by atoms with E-state index in [-0.39, 0.29) is 12.8 Å². The summed E-state index contributed by atoms with van der Waals surface area (Å²) in [6, 6.07) is 0.609. The van der Waals surface area contributed by atoms with Crippen LogP contribution < -0.4 is 5.32 Å². The van der Waals surface area contributed by atoms with Crippen molar-refractivity contribution in [3.05, 3.63) is 0 Å². The number of likely N-dealkylation sites (tertiary alicyclic amines) is 1. The lowest BCUT2D eigenvalue weighted by Gasteiger charge is -2.38. The molecule has 1 N–H and O–H groups in total. The molecule has 2 amide bonds. The van der Waals surface area contributed by atoms with Crippen LogP contribution in [0.3, 0.4) is 0 Å². The normalized spacial score (nSPS) is 24.8. The van der Waals surface area contributed by atoms with Crippen LogP contribution in [0, 0.1) is 0 Å². The number of piperidine rings is 1. The number of hydrogen-bond acceptors (Lipinski definition) is 3. The molecule has 0 radical (unpaired) electrons. The summed E-state index contributed by atoms with van der Waals surface area (Å²) in [4.78, 5) is 13.9. The fourth-order valence-electron chi connectivity index (χ4n) is 2.24. The first-order chi connectivity index (χ1) is 8.16. The average Bonchev–Trinajstić information content (AvgIpc) is 2.28. The molecule has 2 atom stereocenters. The van der Waals surface area contributed by atoms with Crippen LogP contribution in [-0.2, 0) is 9.47 Å². The molecule has 5 heteroatoms. The number of carbonyl (C=O) groups excluding carboxylic acids is 1. The average molecular weight is 244 g/mol. The second kappa shape index (κ2) is 7.50. The summed E-state index contributed by atoms with van der Waals surface area (Å²) < 4.78 is 10.1. The van der Waals surface area contributed by atoms with Gasteiger partial charge in [0.15, 0.2) is 0 Å². The van der Waals surface area contributed by atoms with Crippen LogP contribution in [0.25, 0.3) is 0 Å². The molecular formula is C12H24N2O3. The van der Waals surface area contributed by atoms with Crippen LogP contribution in [0.1, 0.15) is 33.1 Å². The van der Waals surface area contributed by atoms with Gasteiger partial charge in [-0.2, -0.15) is 0 Å². The van der Waals surface area contributed by atoms with E-state index in [1.807, 2.05) is 4.90 Å². The largest absolute Gasteiger partial charge is 0.382 e. The van der Waals surface area contributed by atoms with E-state index in [9.17, 15) is 4.79 Å². The fraction of sp³-hybridized carbons (Fsp3) is 0.917. The Labute approximate surface area is 103 Å². The molecule has 0 saturated carbocycles. The maximum Gasteiger partial charge on any atom is 0.319 e. The highest BCUT2D eigenvalue weighted by atomic mass is 16.5. The number of carbonyl (C=O) groups is 1. The lowest BCUT2D eigenvalue weighted by molar-refractivity contribution is 0.0563. The predicted octanol–water partition coefficient (Wildman–Crippen LogP) is 1.58. The third-order valence-corrected chi connectivity index (χ3v) is 3.19. The number of hydrogen-bond donors (Lipinski definition) is 1. The van der Waals surface area contributed by atoms with E-state index in [0.717, 1.165) is 12.8 Å². The quantitative estimate of drug-likeness (QED) is 0.590. The second-order valence-corrected chi connectivity index (χ2v) is 4.56. The third kappa shape index (κ3) is 4.52. The minimum atomic E-state index is -0.0258. The Morgan fingerprint density at radius 3 is 2.53 bits per heavy atom. The van der Waals surface area contributed by atoms with Crippen molar-refractivity contribution in [3.63, 3.8) is 0 Å². The first kappa shape index (κ1) is 14.3. The van der Waals surface area contributed by atoms with Gasteiger partial charge in [0.05, 0.1) is 13.2 Å². The Balaban J connectivity index is 2.25. The highest BCUT2D eigenvalue weighted by Crippen LogP contribution is 2.22. The minimum Gasteiger partial charge on any atom is -0.382 e. The maximum absolute atomic E-state index is 12.0. The zero-order chi connectivity index (χ0) is 12.7. The van der Waals surface area contributed by atoms with E-state index in [0.29, 0.717) is 25.3 Å². The van der Waals surface area contributed by atoms with Crippen LogP contribution in [0.5, 0.6) is 0 Å². The van der Waals surface area contributed by atoms with E-state index >= 15 is 0 Å². The van der Waals surface area contributed by atoms with Gasteiger partial charge in [0.1, 0.15) is 6.73 Å². The van der Waals surface area contributed by atoms with Crippen molar-refractivity contribution in [3.8, 4) is 0 Å². The van der Waals surface area contributed by atoms with Crippen LogP contribution in [0.15, 0.2) is 0 Å². The van der Waals surface area contributed by atoms with E-state index in [2.05, 4.69) is 19.2 Å². The van der Waals surface area contributed by atoms with Crippen molar-refractivity contribution >= 4 is 6.03 Å². The number of nitrogens with one attached hydrogen (secondary N) is 1. The summed E-state index contributed by atoms with van der Waals surface area (Å²) in [5, 5.41) is 2.78. The van der Waals surface area contributed by atoms with Crippen LogP contribution in [0.2, 0.25) is 0 Å². The lowest BCUT2D eigenvalue weighted by atomic mass is 9.98. The molecule has 100 valence electrons. The molecule has 0 aromatic heterocycles. The molecule has 0 spiro atoms. The molecule has 1 aliphatic rings. The van der Waals surface area contributed by atoms with Crippen molar-refractivity contribution in [1.82, 2.24) is 10.2 Å². The molecule has 5 nitrogen and oxygen atoms in total. The monoisotopic (exact) mass is 244 g/mol. The summed E-state index contributed by atoms with van der Waals surface area (Å²) in [6.45, 7) is 5.49. The summed E-state index contributed by atoms with van der Waals surface area (Å²) in [5.41, 5.74) is 0. The summed E-state index contributed by atoms with van der Waals surface area (Å²) in [6.07, 6.45) is 3.38. The molecule has 0 aromatic carbocycles. The van der Waals surface area contributed by atoms with E-state index in [1.54, 1.807) is 7.11 Å².